The van der Waals surface area contributed by atoms with E-state index in [1.165, 1.54) is 0 Å². The first-order valence-electron chi connectivity index (χ1n) is 4.12. The quantitative estimate of drug-likeness (QED) is 0.802. The molecule has 4 heteroatoms. The minimum atomic E-state index is -3.14. The van der Waals surface area contributed by atoms with Gasteiger partial charge in [0.2, 0.25) is 0 Å². The van der Waals surface area contributed by atoms with Gasteiger partial charge in [-0.15, -0.1) is 0 Å². The molecular weight excluding hydrogens is 311 g/mol. The number of allylic oxidation sites excluding steroid dienone is 1. The Morgan fingerprint density at radius 2 is 1.93 bits per heavy atom. The van der Waals surface area contributed by atoms with Gasteiger partial charge < -0.3 is 0 Å². The Balaban J connectivity index is 2.93. The summed E-state index contributed by atoms with van der Waals surface area (Å²) in [6.07, 6.45) is 1.71. The third-order valence-electron chi connectivity index (χ3n) is 1.69. The van der Waals surface area contributed by atoms with E-state index in [1.807, 2.05) is 6.92 Å². The summed E-state index contributed by atoms with van der Waals surface area (Å²) in [5.74, 6) is 0.0752. The van der Waals surface area contributed by atoms with E-state index in [0.29, 0.717) is 4.90 Å². The van der Waals surface area contributed by atoms with Crippen LogP contribution >= 0.6 is 22.6 Å². The Labute approximate surface area is 98.1 Å². The first kappa shape index (κ1) is 11.7. The average Bonchev–Trinajstić information content (AvgIpc) is 2.16. The molecule has 0 aliphatic carbocycles. The molecule has 14 heavy (non-hydrogen) atoms. The average molecular weight is 322 g/mol. The lowest BCUT2D eigenvalue weighted by Crippen LogP contribution is -2.04. The van der Waals surface area contributed by atoms with Crippen molar-refractivity contribution in [3.63, 3.8) is 0 Å². The lowest BCUT2D eigenvalue weighted by molar-refractivity contribution is 0.599. The standard InChI is InChI=1S/C10H11IO2S/c1-9(11)7-8-14(12,13)10-5-3-2-4-6-10/h2-7H,8H2,1H3/b9-7+. The van der Waals surface area contributed by atoms with Crippen molar-refractivity contribution in [2.24, 2.45) is 0 Å². The molecule has 0 saturated carbocycles. The molecule has 0 unspecified atom stereocenters. The van der Waals surface area contributed by atoms with E-state index in [4.69, 9.17) is 0 Å². The molecule has 1 aromatic rings. The van der Waals surface area contributed by atoms with Crippen LogP contribution in [0.25, 0.3) is 0 Å². The van der Waals surface area contributed by atoms with Crippen molar-refractivity contribution in [2.75, 3.05) is 5.75 Å². The van der Waals surface area contributed by atoms with Gasteiger partial charge in [-0.1, -0.05) is 24.3 Å². The fourth-order valence-electron chi connectivity index (χ4n) is 0.949. The van der Waals surface area contributed by atoms with Crippen LogP contribution in [0.3, 0.4) is 0 Å². The van der Waals surface area contributed by atoms with Crippen molar-refractivity contribution >= 4 is 32.4 Å². The molecule has 0 amide bonds. The fraction of sp³-hybridized carbons (Fsp3) is 0.200. The minimum Gasteiger partial charge on any atom is -0.223 e. The number of hydrogen-bond donors (Lipinski definition) is 0. The second-order valence-corrected chi connectivity index (χ2v) is 6.62. The Kier molecular flexibility index (Phi) is 4.12. The Morgan fingerprint density at radius 3 is 2.43 bits per heavy atom. The van der Waals surface area contributed by atoms with Gasteiger partial charge in [-0.2, -0.15) is 0 Å². The third-order valence-corrected chi connectivity index (χ3v) is 3.72. The van der Waals surface area contributed by atoms with Gasteiger partial charge in [0, 0.05) is 0 Å². The van der Waals surface area contributed by atoms with Crippen LogP contribution in [-0.2, 0) is 9.84 Å². The van der Waals surface area contributed by atoms with Crippen LogP contribution in [0, 0.1) is 0 Å². The highest BCUT2D eigenvalue weighted by Gasteiger charge is 2.11. The predicted octanol–water partition coefficient (Wildman–Crippen LogP) is 2.80. The van der Waals surface area contributed by atoms with E-state index in [0.717, 1.165) is 3.58 Å². The Bertz CT molecular complexity index is 417. The maximum absolute atomic E-state index is 11.7. The zero-order valence-electron chi connectivity index (χ0n) is 7.77. The van der Waals surface area contributed by atoms with Gasteiger partial charge in [-0.3, -0.25) is 0 Å². The van der Waals surface area contributed by atoms with Gasteiger partial charge in [0.15, 0.2) is 9.84 Å². The van der Waals surface area contributed by atoms with Crippen molar-refractivity contribution in [3.05, 3.63) is 40.0 Å². The molecule has 76 valence electrons. The van der Waals surface area contributed by atoms with Crippen LogP contribution in [0.5, 0.6) is 0 Å². The lowest BCUT2D eigenvalue weighted by Gasteiger charge is -2.00. The zero-order chi connectivity index (χ0) is 10.6. The van der Waals surface area contributed by atoms with Crippen molar-refractivity contribution in [2.45, 2.75) is 11.8 Å². The fourth-order valence-corrected chi connectivity index (χ4v) is 2.70. The van der Waals surface area contributed by atoms with Crippen LogP contribution in [0.2, 0.25) is 0 Å². The summed E-state index contributed by atoms with van der Waals surface area (Å²) < 4.78 is 24.4. The first-order chi connectivity index (χ1) is 6.52. The Morgan fingerprint density at radius 1 is 1.36 bits per heavy atom. The van der Waals surface area contributed by atoms with Gasteiger partial charge >= 0.3 is 0 Å². The van der Waals surface area contributed by atoms with E-state index in [-0.39, 0.29) is 5.75 Å². The minimum absolute atomic E-state index is 0.0752. The summed E-state index contributed by atoms with van der Waals surface area (Å²) in [7, 11) is -3.14. The summed E-state index contributed by atoms with van der Waals surface area (Å²) in [5, 5.41) is 0. The molecule has 0 aliphatic rings. The molecule has 1 aromatic carbocycles. The third kappa shape index (κ3) is 3.42. The first-order valence-corrected chi connectivity index (χ1v) is 6.85. The van der Waals surface area contributed by atoms with Crippen LogP contribution in [0.1, 0.15) is 6.92 Å². The molecule has 0 heterocycles. The van der Waals surface area contributed by atoms with E-state index >= 15 is 0 Å². The van der Waals surface area contributed by atoms with Crippen molar-refractivity contribution < 1.29 is 8.42 Å². The Hall–Kier alpha value is -0.360. The smallest absolute Gasteiger partial charge is 0.181 e. The molecule has 2 nitrogen and oxygen atoms in total. The molecule has 0 spiro atoms. The SMILES string of the molecule is C/C(I)=C\CS(=O)(=O)c1ccccc1. The van der Waals surface area contributed by atoms with Crippen LogP contribution in [0.15, 0.2) is 44.9 Å². The molecule has 0 saturated heterocycles. The summed E-state index contributed by atoms with van der Waals surface area (Å²) >= 11 is 2.10. The van der Waals surface area contributed by atoms with Gasteiger partial charge in [-0.05, 0) is 45.2 Å². The molecule has 0 fully saturated rings. The van der Waals surface area contributed by atoms with Crippen LogP contribution < -0.4 is 0 Å². The number of benzene rings is 1. The van der Waals surface area contributed by atoms with Gasteiger partial charge in [0.1, 0.15) is 0 Å². The zero-order valence-corrected chi connectivity index (χ0v) is 10.7. The number of rotatable bonds is 3. The van der Waals surface area contributed by atoms with E-state index < -0.39 is 9.84 Å². The van der Waals surface area contributed by atoms with Gasteiger partial charge in [-0.25, -0.2) is 8.42 Å². The number of sulfone groups is 1. The maximum atomic E-state index is 11.7. The maximum Gasteiger partial charge on any atom is 0.181 e. The molecule has 0 atom stereocenters. The van der Waals surface area contributed by atoms with E-state index in [9.17, 15) is 8.42 Å². The molecule has 0 bridgehead atoms. The topological polar surface area (TPSA) is 34.1 Å². The van der Waals surface area contributed by atoms with Gasteiger partial charge in [0.05, 0.1) is 10.6 Å². The number of halogens is 1. The summed E-state index contributed by atoms with van der Waals surface area (Å²) in [4.78, 5) is 0.383. The summed E-state index contributed by atoms with van der Waals surface area (Å²) in [6.45, 7) is 1.88. The molecule has 1 rings (SSSR count). The second kappa shape index (κ2) is 4.93. The van der Waals surface area contributed by atoms with Crippen molar-refractivity contribution in [1.29, 1.82) is 0 Å². The van der Waals surface area contributed by atoms with Crippen molar-refractivity contribution in [3.8, 4) is 0 Å². The largest absolute Gasteiger partial charge is 0.223 e. The monoisotopic (exact) mass is 322 g/mol. The highest BCUT2D eigenvalue weighted by molar-refractivity contribution is 14.1. The highest BCUT2D eigenvalue weighted by atomic mass is 127. The molecule has 0 radical (unpaired) electrons. The molecular formula is C10H11IO2S. The van der Waals surface area contributed by atoms with Crippen LogP contribution in [-0.4, -0.2) is 14.2 Å². The second-order valence-electron chi connectivity index (χ2n) is 2.89. The summed E-state index contributed by atoms with van der Waals surface area (Å²) in [5.41, 5.74) is 0. The molecule has 0 aliphatic heterocycles. The molecule has 0 aromatic heterocycles. The van der Waals surface area contributed by atoms with Crippen molar-refractivity contribution in [1.82, 2.24) is 0 Å². The lowest BCUT2D eigenvalue weighted by atomic mass is 10.4. The highest BCUT2D eigenvalue weighted by Crippen LogP contribution is 2.12. The normalized spacial score (nSPS) is 12.9. The molecule has 0 N–H and O–H groups in total. The van der Waals surface area contributed by atoms with Gasteiger partial charge in [0.25, 0.3) is 0 Å². The predicted molar refractivity (Wildman–Crippen MR) is 66.3 cm³/mol. The summed E-state index contributed by atoms with van der Waals surface area (Å²) in [6, 6.07) is 8.50. The van der Waals surface area contributed by atoms with E-state index in [1.54, 1.807) is 36.4 Å². The van der Waals surface area contributed by atoms with E-state index in [2.05, 4.69) is 22.6 Å². The number of hydrogen-bond acceptors (Lipinski definition) is 2. The van der Waals surface area contributed by atoms with Crippen LogP contribution in [0.4, 0.5) is 0 Å².